The van der Waals surface area contributed by atoms with E-state index >= 15 is 0 Å². The average Bonchev–Trinajstić information content (AvgIpc) is 3.23. The van der Waals surface area contributed by atoms with Gasteiger partial charge < -0.3 is 19.3 Å². The largest absolute Gasteiger partial charge is 0.483 e. The Morgan fingerprint density at radius 1 is 1.46 bits per heavy atom. The fraction of sp³-hybridized carbons (Fsp3) is 0.650. The zero-order valence-corrected chi connectivity index (χ0v) is 16.5. The number of likely N-dealkylation sites (tertiary alicyclic amines) is 1. The van der Waals surface area contributed by atoms with Crippen LogP contribution in [0.15, 0.2) is 18.2 Å². The Bertz CT molecular complexity index is 710. The van der Waals surface area contributed by atoms with Crippen LogP contribution in [0.3, 0.4) is 0 Å². The Morgan fingerprint density at radius 2 is 2.27 bits per heavy atom. The van der Waals surface area contributed by atoms with E-state index in [0.717, 1.165) is 31.5 Å². The highest BCUT2D eigenvalue weighted by Gasteiger charge is 2.63. The van der Waals surface area contributed by atoms with Crippen LogP contribution >= 0.6 is 11.6 Å². The van der Waals surface area contributed by atoms with Gasteiger partial charge in [0.15, 0.2) is 6.61 Å². The summed E-state index contributed by atoms with van der Waals surface area (Å²) in [4.78, 5) is 16.9. The number of hydrogen-bond acceptors (Lipinski definition) is 4. The zero-order valence-electron chi connectivity index (χ0n) is 15.7. The summed E-state index contributed by atoms with van der Waals surface area (Å²) in [7, 11) is 4.22. The van der Waals surface area contributed by atoms with Crippen molar-refractivity contribution >= 4 is 17.5 Å². The number of hydrogen-bond donors (Lipinski definition) is 0. The maximum atomic E-state index is 12.7. The average molecular weight is 379 g/mol. The lowest BCUT2D eigenvalue weighted by Crippen LogP contribution is -2.40. The monoisotopic (exact) mass is 378 g/mol. The molecule has 6 heteroatoms. The second-order valence-corrected chi connectivity index (χ2v) is 8.70. The molecule has 0 saturated carbocycles. The Kier molecular flexibility index (Phi) is 4.66. The minimum absolute atomic E-state index is 0.0405. The van der Waals surface area contributed by atoms with Crippen molar-refractivity contribution in [3.05, 3.63) is 28.8 Å². The molecule has 0 unspecified atom stereocenters. The molecule has 3 aliphatic rings. The molecule has 1 aromatic rings. The van der Waals surface area contributed by atoms with Crippen molar-refractivity contribution in [3.8, 4) is 5.75 Å². The van der Waals surface area contributed by atoms with Gasteiger partial charge in [-0.1, -0.05) is 11.6 Å². The second kappa shape index (κ2) is 6.70. The number of rotatable bonds is 5. The van der Waals surface area contributed by atoms with Gasteiger partial charge in [-0.3, -0.25) is 4.79 Å². The number of fused-ring (bicyclic) bond motifs is 1. The van der Waals surface area contributed by atoms with E-state index in [0.29, 0.717) is 35.3 Å². The van der Waals surface area contributed by atoms with Crippen LogP contribution in [0.4, 0.5) is 0 Å². The Labute approximate surface area is 160 Å². The zero-order chi connectivity index (χ0) is 18.5. The number of nitrogens with zero attached hydrogens (tertiary/aromatic N) is 2. The Morgan fingerprint density at radius 3 is 3.00 bits per heavy atom. The van der Waals surface area contributed by atoms with E-state index in [2.05, 4.69) is 19.0 Å². The summed E-state index contributed by atoms with van der Waals surface area (Å²) in [5.74, 6) is 1.72. The molecule has 3 heterocycles. The smallest absolute Gasteiger partial charge is 0.260 e. The van der Waals surface area contributed by atoms with Gasteiger partial charge >= 0.3 is 0 Å². The van der Waals surface area contributed by atoms with Crippen LogP contribution in [0.25, 0.3) is 0 Å². The van der Waals surface area contributed by atoms with Gasteiger partial charge in [0.1, 0.15) is 5.75 Å². The van der Waals surface area contributed by atoms with Crippen molar-refractivity contribution in [3.63, 3.8) is 0 Å². The fourth-order valence-corrected chi connectivity index (χ4v) is 5.28. The van der Waals surface area contributed by atoms with Gasteiger partial charge in [0.25, 0.3) is 5.91 Å². The first-order valence-corrected chi connectivity index (χ1v) is 9.75. The summed E-state index contributed by atoms with van der Waals surface area (Å²) in [6, 6.07) is 5.45. The molecule has 142 valence electrons. The molecule has 3 aliphatic heterocycles. The fourth-order valence-electron chi connectivity index (χ4n) is 5.05. The van der Waals surface area contributed by atoms with Crippen molar-refractivity contribution in [2.75, 3.05) is 40.3 Å². The van der Waals surface area contributed by atoms with Gasteiger partial charge in [-0.2, -0.15) is 0 Å². The molecule has 26 heavy (non-hydrogen) atoms. The number of carbonyl (C=O) groups is 1. The molecular weight excluding hydrogens is 352 g/mol. The lowest BCUT2D eigenvalue weighted by atomic mass is 9.73. The summed E-state index contributed by atoms with van der Waals surface area (Å²) in [6.07, 6.45) is 2.57. The van der Waals surface area contributed by atoms with E-state index in [1.54, 1.807) is 6.07 Å². The molecule has 1 aromatic carbocycles. The summed E-state index contributed by atoms with van der Waals surface area (Å²) >= 11 is 5.97. The predicted molar refractivity (Wildman–Crippen MR) is 101 cm³/mol. The van der Waals surface area contributed by atoms with Crippen LogP contribution in [0.1, 0.15) is 18.4 Å². The van der Waals surface area contributed by atoms with E-state index in [1.165, 1.54) is 0 Å². The molecule has 3 saturated heterocycles. The number of halogens is 1. The molecule has 0 radical (unpaired) electrons. The summed E-state index contributed by atoms with van der Waals surface area (Å²) in [5, 5.41) is 0.674. The third-order valence-electron chi connectivity index (χ3n) is 6.20. The summed E-state index contributed by atoms with van der Waals surface area (Å²) < 4.78 is 12.2. The summed E-state index contributed by atoms with van der Waals surface area (Å²) in [5.41, 5.74) is 0.826. The van der Waals surface area contributed by atoms with Gasteiger partial charge in [-0.05, 0) is 57.6 Å². The third kappa shape index (κ3) is 3.10. The van der Waals surface area contributed by atoms with Crippen molar-refractivity contribution in [2.24, 2.45) is 11.8 Å². The van der Waals surface area contributed by atoms with Crippen molar-refractivity contribution in [2.45, 2.75) is 31.5 Å². The first-order valence-electron chi connectivity index (χ1n) is 9.37. The Balaban J connectivity index is 1.39. The highest BCUT2D eigenvalue weighted by molar-refractivity contribution is 6.30. The first-order chi connectivity index (χ1) is 12.4. The number of ether oxygens (including phenoxy) is 2. The highest BCUT2D eigenvalue weighted by atomic mass is 35.5. The van der Waals surface area contributed by atoms with Gasteiger partial charge in [0.05, 0.1) is 18.2 Å². The number of amides is 1. The molecule has 4 rings (SSSR count). The van der Waals surface area contributed by atoms with Gasteiger partial charge in [0.2, 0.25) is 0 Å². The molecule has 0 aliphatic carbocycles. The van der Waals surface area contributed by atoms with Crippen molar-refractivity contribution < 1.29 is 14.3 Å². The molecule has 1 amide bonds. The lowest BCUT2D eigenvalue weighted by molar-refractivity contribution is -0.133. The molecule has 2 bridgehead atoms. The molecule has 0 N–H and O–H groups in total. The van der Waals surface area contributed by atoms with Gasteiger partial charge in [-0.25, -0.2) is 0 Å². The number of carbonyl (C=O) groups excluding carboxylic acids is 1. The van der Waals surface area contributed by atoms with Crippen LogP contribution in [0.2, 0.25) is 5.02 Å². The van der Waals surface area contributed by atoms with Crippen LogP contribution in [-0.4, -0.2) is 67.7 Å². The topological polar surface area (TPSA) is 42.0 Å². The van der Waals surface area contributed by atoms with Gasteiger partial charge in [0, 0.05) is 29.9 Å². The Hall–Kier alpha value is -1.30. The van der Waals surface area contributed by atoms with Crippen molar-refractivity contribution in [1.82, 2.24) is 9.80 Å². The highest BCUT2D eigenvalue weighted by Crippen LogP contribution is 2.54. The van der Waals surface area contributed by atoms with Crippen LogP contribution in [-0.2, 0) is 9.53 Å². The van der Waals surface area contributed by atoms with E-state index in [-0.39, 0.29) is 18.1 Å². The number of benzene rings is 1. The van der Waals surface area contributed by atoms with E-state index in [1.807, 2.05) is 24.0 Å². The molecule has 4 atom stereocenters. The predicted octanol–water partition coefficient (Wildman–Crippen LogP) is 2.59. The van der Waals surface area contributed by atoms with E-state index in [9.17, 15) is 4.79 Å². The maximum Gasteiger partial charge on any atom is 0.260 e. The molecule has 3 fully saturated rings. The summed E-state index contributed by atoms with van der Waals surface area (Å²) in [6.45, 7) is 4.52. The van der Waals surface area contributed by atoms with E-state index < -0.39 is 0 Å². The molecular formula is C20H27ClN2O3. The normalized spacial score (nSPS) is 32.3. The quantitative estimate of drug-likeness (QED) is 0.789. The SMILES string of the molecule is Cc1cc(Cl)ccc1OCC(=O)N1C[C@@H]2[C@H](CN(C)C)[C@H]3CC[C@]2(C1)O3. The minimum Gasteiger partial charge on any atom is -0.483 e. The lowest BCUT2D eigenvalue weighted by Gasteiger charge is -2.30. The number of aryl methyl sites for hydroxylation is 1. The molecule has 1 spiro atoms. The van der Waals surface area contributed by atoms with Crippen LogP contribution in [0.5, 0.6) is 5.75 Å². The van der Waals surface area contributed by atoms with Gasteiger partial charge in [-0.15, -0.1) is 0 Å². The second-order valence-electron chi connectivity index (χ2n) is 8.27. The van der Waals surface area contributed by atoms with Crippen molar-refractivity contribution in [1.29, 1.82) is 0 Å². The standard InChI is InChI=1S/C20H27ClN2O3/c1-13-8-14(21)4-5-17(13)25-11-19(24)23-10-16-15(9-22(2)3)18-6-7-20(16,12-23)26-18/h4-5,8,15-16,18H,6-7,9-12H2,1-3H3/t15-,16+,18+,20+/m0/s1. The third-order valence-corrected chi connectivity index (χ3v) is 6.44. The van der Waals surface area contributed by atoms with E-state index in [4.69, 9.17) is 21.1 Å². The minimum atomic E-state index is -0.114. The molecule has 5 nitrogen and oxygen atoms in total. The van der Waals surface area contributed by atoms with Crippen LogP contribution in [0, 0.1) is 18.8 Å². The first kappa shape index (κ1) is 18.1. The van der Waals surface area contributed by atoms with Crippen LogP contribution < -0.4 is 4.74 Å². The molecule has 0 aromatic heterocycles. The maximum absolute atomic E-state index is 12.7.